The van der Waals surface area contributed by atoms with E-state index in [2.05, 4.69) is 154 Å². The minimum Gasteiger partial charge on any atom is -0.462 e. The molecule has 71 heavy (non-hydrogen) atoms. The Morgan fingerprint density at radius 1 is 0.296 bits per heavy atom. The third-order valence-corrected chi connectivity index (χ3v) is 11.3. The highest BCUT2D eigenvalue weighted by molar-refractivity contribution is 5.71. The quantitative estimate of drug-likeness (QED) is 0.0262. The molecule has 0 fully saturated rings. The van der Waals surface area contributed by atoms with Gasteiger partial charge >= 0.3 is 17.9 Å². The lowest BCUT2D eigenvalue weighted by Gasteiger charge is -2.18. The molecule has 1 atom stereocenters. The van der Waals surface area contributed by atoms with Crippen molar-refractivity contribution in [1.29, 1.82) is 0 Å². The molecule has 6 nitrogen and oxygen atoms in total. The molecule has 0 aromatic carbocycles. The molecule has 0 aromatic rings. The molecule has 0 rings (SSSR count). The van der Waals surface area contributed by atoms with E-state index in [9.17, 15) is 14.4 Å². The molecule has 0 saturated heterocycles. The van der Waals surface area contributed by atoms with Crippen LogP contribution in [0.4, 0.5) is 0 Å². The molecular formula is C65H102O6. The van der Waals surface area contributed by atoms with Crippen molar-refractivity contribution < 1.29 is 28.6 Å². The fourth-order valence-corrected chi connectivity index (χ4v) is 7.13. The lowest BCUT2D eigenvalue weighted by Crippen LogP contribution is -2.30. The van der Waals surface area contributed by atoms with Gasteiger partial charge < -0.3 is 14.2 Å². The summed E-state index contributed by atoms with van der Waals surface area (Å²) in [4.78, 5) is 38.1. The van der Waals surface area contributed by atoms with Crippen molar-refractivity contribution in [3.05, 3.63) is 146 Å². The molecule has 0 aliphatic heterocycles. The van der Waals surface area contributed by atoms with Gasteiger partial charge in [-0.05, 0) is 128 Å². The fourth-order valence-electron chi connectivity index (χ4n) is 7.13. The van der Waals surface area contributed by atoms with E-state index in [1.165, 1.54) is 64.2 Å². The second kappa shape index (κ2) is 57.9. The molecule has 0 spiro atoms. The maximum absolute atomic E-state index is 12.9. The minimum atomic E-state index is -0.835. The molecule has 0 radical (unpaired) electrons. The number of hydrogen-bond acceptors (Lipinski definition) is 6. The number of unbranched alkanes of at least 4 members (excludes halogenated alkanes) is 14. The monoisotopic (exact) mass is 979 g/mol. The number of ether oxygens (including phenoxy) is 3. The highest BCUT2D eigenvalue weighted by Crippen LogP contribution is 2.13. The van der Waals surface area contributed by atoms with Crippen LogP contribution in [0.15, 0.2) is 146 Å². The molecule has 0 aromatic heterocycles. The van der Waals surface area contributed by atoms with Crippen LogP contribution in [0.3, 0.4) is 0 Å². The zero-order valence-corrected chi connectivity index (χ0v) is 45.4. The largest absolute Gasteiger partial charge is 0.462 e. The van der Waals surface area contributed by atoms with Crippen LogP contribution in [0.1, 0.15) is 226 Å². The highest BCUT2D eigenvalue weighted by atomic mass is 16.6. The van der Waals surface area contributed by atoms with Gasteiger partial charge in [0.15, 0.2) is 6.10 Å². The first-order valence-electron chi connectivity index (χ1n) is 28.3. The Morgan fingerprint density at radius 2 is 0.577 bits per heavy atom. The molecule has 0 bridgehead atoms. The van der Waals surface area contributed by atoms with Crippen LogP contribution < -0.4 is 0 Å². The second-order valence-corrected chi connectivity index (χ2v) is 18.1. The Kier molecular flexibility index (Phi) is 54.0. The van der Waals surface area contributed by atoms with Gasteiger partial charge in [0.25, 0.3) is 0 Å². The standard InChI is InChI=1S/C65H102O6/c1-4-7-10-13-16-19-22-25-28-30-32-34-37-40-43-46-49-52-55-58-64(67)70-61-62(60-69-63(66)57-54-51-48-45-42-39-36-27-24-21-18-15-12-9-6-3)71-65(68)59-56-53-50-47-44-41-38-35-33-31-29-26-23-20-17-14-11-8-5-2/h7-8,10-11,16-17,19-21,24-26,28-29,32-35,40-41,43-44,49,52,62H,4-6,9,12-15,18,22-23,27,30-31,36-39,42,45-48,50-51,53-61H2,1-3H3/b10-7-,11-8-,19-16-,20-17-,24-21-,28-25-,29-26-,34-32-,35-33-,43-40-,44-41-,52-49-/t62-/m0/s1. The molecule has 0 amide bonds. The maximum Gasteiger partial charge on any atom is 0.306 e. The molecule has 0 saturated carbocycles. The summed E-state index contributed by atoms with van der Waals surface area (Å²) < 4.78 is 16.8. The van der Waals surface area contributed by atoms with E-state index >= 15 is 0 Å². The van der Waals surface area contributed by atoms with Crippen LogP contribution >= 0.6 is 0 Å². The van der Waals surface area contributed by atoms with Gasteiger partial charge in [-0.25, -0.2) is 0 Å². The number of carbonyl (C=O) groups excluding carboxylic acids is 3. The van der Waals surface area contributed by atoms with Gasteiger partial charge in [-0.15, -0.1) is 0 Å². The van der Waals surface area contributed by atoms with Crippen molar-refractivity contribution in [2.45, 2.75) is 232 Å². The number of allylic oxidation sites excluding steroid dienone is 24. The van der Waals surface area contributed by atoms with Crippen LogP contribution in [0, 0.1) is 0 Å². The Hall–Kier alpha value is -4.71. The van der Waals surface area contributed by atoms with Crippen LogP contribution in [0.2, 0.25) is 0 Å². The van der Waals surface area contributed by atoms with Crippen molar-refractivity contribution in [2.75, 3.05) is 13.2 Å². The van der Waals surface area contributed by atoms with Gasteiger partial charge in [0.2, 0.25) is 0 Å². The zero-order valence-electron chi connectivity index (χ0n) is 45.4. The van der Waals surface area contributed by atoms with Crippen LogP contribution in [-0.2, 0) is 28.6 Å². The summed E-state index contributed by atoms with van der Waals surface area (Å²) in [7, 11) is 0. The lowest BCUT2D eigenvalue weighted by molar-refractivity contribution is -0.166. The summed E-state index contributed by atoms with van der Waals surface area (Å²) >= 11 is 0. The van der Waals surface area contributed by atoms with Gasteiger partial charge in [-0.3, -0.25) is 14.4 Å². The number of esters is 3. The maximum atomic E-state index is 12.9. The predicted molar refractivity (Wildman–Crippen MR) is 306 cm³/mol. The summed E-state index contributed by atoms with van der Waals surface area (Å²) in [6, 6.07) is 0. The Morgan fingerprint density at radius 3 is 0.972 bits per heavy atom. The molecule has 0 heterocycles. The van der Waals surface area contributed by atoms with Crippen molar-refractivity contribution in [1.82, 2.24) is 0 Å². The second-order valence-electron chi connectivity index (χ2n) is 18.1. The van der Waals surface area contributed by atoms with Crippen LogP contribution in [0.25, 0.3) is 0 Å². The SMILES string of the molecule is CC/C=C\C/C=C\C/C=C\C/C=C\C/C=C\C/C=C\CCC(=O)OC[C@H](COC(=O)CCCCCCCCC/C=C\CCCCCC)OC(=O)CCCCC/C=C\C/C=C\C/C=C\C/C=C\C/C=C\CC. The topological polar surface area (TPSA) is 78.9 Å². The Balaban J connectivity index is 4.60. The first kappa shape index (κ1) is 66.3. The molecule has 0 unspecified atom stereocenters. The molecule has 6 heteroatoms. The van der Waals surface area contributed by atoms with E-state index in [1.54, 1.807) is 0 Å². The van der Waals surface area contributed by atoms with E-state index < -0.39 is 6.10 Å². The lowest BCUT2D eigenvalue weighted by atomic mass is 10.1. The number of carbonyl (C=O) groups is 3. The highest BCUT2D eigenvalue weighted by Gasteiger charge is 2.19. The number of hydrogen-bond donors (Lipinski definition) is 0. The molecule has 0 aliphatic carbocycles. The van der Waals surface area contributed by atoms with Crippen molar-refractivity contribution >= 4 is 17.9 Å². The molecule has 0 N–H and O–H groups in total. The first-order valence-corrected chi connectivity index (χ1v) is 28.3. The first-order chi connectivity index (χ1) is 35.0. The summed E-state index contributed by atoms with van der Waals surface area (Å²) in [6.07, 6.45) is 82.7. The molecule has 0 aliphatic rings. The molecular weight excluding hydrogens is 877 g/mol. The van der Waals surface area contributed by atoms with Gasteiger partial charge in [0.1, 0.15) is 13.2 Å². The summed E-state index contributed by atoms with van der Waals surface area (Å²) in [6.45, 7) is 6.29. The average molecular weight is 980 g/mol. The Labute approximate surface area is 436 Å². The van der Waals surface area contributed by atoms with Crippen LogP contribution in [-0.4, -0.2) is 37.2 Å². The van der Waals surface area contributed by atoms with Crippen LogP contribution in [0.5, 0.6) is 0 Å². The normalized spacial score (nSPS) is 13.2. The summed E-state index contributed by atoms with van der Waals surface area (Å²) in [5, 5.41) is 0. The van der Waals surface area contributed by atoms with E-state index in [1.807, 2.05) is 12.2 Å². The van der Waals surface area contributed by atoms with Crippen molar-refractivity contribution in [3.8, 4) is 0 Å². The predicted octanol–water partition coefficient (Wildman–Crippen LogP) is 19.2. The number of rotatable bonds is 49. The summed E-state index contributed by atoms with van der Waals surface area (Å²) in [5.74, 6) is -1.05. The third kappa shape index (κ3) is 56.1. The van der Waals surface area contributed by atoms with Crippen molar-refractivity contribution in [2.24, 2.45) is 0 Å². The fraction of sp³-hybridized carbons (Fsp3) is 0.585. The summed E-state index contributed by atoms with van der Waals surface area (Å²) in [5.41, 5.74) is 0. The van der Waals surface area contributed by atoms with E-state index in [4.69, 9.17) is 14.2 Å². The van der Waals surface area contributed by atoms with E-state index in [0.29, 0.717) is 19.3 Å². The van der Waals surface area contributed by atoms with E-state index in [0.717, 1.165) is 109 Å². The van der Waals surface area contributed by atoms with E-state index in [-0.39, 0.29) is 44.0 Å². The smallest absolute Gasteiger partial charge is 0.306 e. The molecule has 398 valence electrons. The van der Waals surface area contributed by atoms with Crippen molar-refractivity contribution in [3.63, 3.8) is 0 Å². The average Bonchev–Trinajstić information content (AvgIpc) is 3.37. The van der Waals surface area contributed by atoms with Gasteiger partial charge in [-0.2, -0.15) is 0 Å². The van der Waals surface area contributed by atoms with Gasteiger partial charge in [0, 0.05) is 19.3 Å². The van der Waals surface area contributed by atoms with Gasteiger partial charge in [0.05, 0.1) is 0 Å². The minimum absolute atomic E-state index is 0.123. The Bertz CT molecular complexity index is 1590. The third-order valence-electron chi connectivity index (χ3n) is 11.3. The zero-order chi connectivity index (χ0) is 51.4. The van der Waals surface area contributed by atoms with Gasteiger partial charge in [-0.1, -0.05) is 224 Å².